The highest BCUT2D eigenvalue weighted by molar-refractivity contribution is 9.10. The number of hydrogen-bond acceptors (Lipinski definition) is 3. The first kappa shape index (κ1) is 14.8. The molecule has 0 amide bonds. The molecule has 1 saturated heterocycles. The summed E-state index contributed by atoms with van der Waals surface area (Å²) in [5.74, 6) is 0. The van der Waals surface area contributed by atoms with Gasteiger partial charge in [0.05, 0.1) is 11.7 Å². The third-order valence-electron chi connectivity index (χ3n) is 3.86. The Bertz CT molecular complexity index is 446. The van der Waals surface area contributed by atoms with Crippen LogP contribution in [0.5, 0.6) is 0 Å². The summed E-state index contributed by atoms with van der Waals surface area (Å²) < 4.78 is 0.941. The summed E-state index contributed by atoms with van der Waals surface area (Å²) in [6.07, 6.45) is 2.19. The van der Waals surface area contributed by atoms with Gasteiger partial charge in [-0.05, 0) is 50.8 Å². The Kier molecular flexibility index (Phi) is 4.54. The Hall–Kier alpha value is -0.580. The van der Waals surface area contributed by atoms with Crippen LogP contribution in [0.1, 0.15) is 44.8 Å². The molecule has 0 saturated carbocycles. The van der Waals surface area contributed by atoms with Crippen molar-refractivity contribution in [2.75, 3.05) is 18.0 Å². The first-order chi connectivity index (χ1) is 8.89. The Morgan fingerprint density at radius 1 is 1.32 bits per heavy atom. The molecule has 0 aliphatic carbocycles. The highest BCUT2D eigenvalue weighted by atomic mass is 79.9. The Morgan fingerprint density at radius 2 is 2.05 bits per heavy atom. The van der Waals surface area contributed by atoms with E-state index in [1.165, 1.54) is 0 Å². The normalized spacial score (nSPS) is 26.1. The second kappa shape index (κ2) is 5.81. The molecule has 2 rings (SSSR count). The largest absolute Gasteiger partial charge is 0.390 e. The quantitative estimate of drug-likeness (QED) is 0.876. The number of aliphatic hydroxyl groups is 2. The van der Waals surface area contributed by atoms with Gasteiger partial charge in [-0.3, -0.25) is 0 Å². The summed E-state index contributed by atoms with van der Waals surface area (Å²) in [4.78, 5) is 2.30. The summed E-state index contributed by atoms with van der Waals surface area (Å²) in [6, 6.07) is 6.07. The first-order valence-corrected chi connectivity index (χ1v) is 7.63. The van der Waals surface area contributed by atoms with Gasteiger partial charge in [-0.15, -0.1) is 0 Å². The van der Waals surface area contributed by atoms with Crippen molar-refractivity contribution in [1.29, 1.82) is 0 Å². The van der Waals surface area contributed by atoms with Crippen LogP contribution < -0.4 is 4.90 Å². The van der Waals surface area contributed by atoms with E-state index in [0.29, 0.717) is 0 Å². The van der Waals surface area contributed by atoms with E-state index >= 15 is 0 Å². The van der Waals surface area contributed by atoms with Gasteiger partial charge < -0.3 is 15.1 Å². The smallest absolute Gasteiger partial charge is 0.0772 e. The fourth-order valence-electron chi connectivity index (χ4n) is 2.57. The minimum absolute atomic E-state index is 0.465. The predicted molar refractivity (Wildman–Crippen MR) is 81.5 cm³/mol. The summed E-state index contributed by atoms with van der Waals surface area (Å²) in [5.41, 5.74) is 1.52. The molecule has 1 aromatic rings. The molecule has 19 heavy (non-hydrogen) atoms. The number of anilines is 1. The molecule has 2 N–H and O–H groups in total. The number of aliphatic hydroxyl groups excluding tert-OH is 1. The summed E-state index contributed by atoms with van der Waals surface area (Å²) in [5, 5.41) is 19.8. The summed E-state index contributed by atoms with van der Waals surface area (Å²) >= 11 is 3.52. The number of halogens is 1. The predicted octanol–water partition coefficient (Wildman–Crippen LogP) is 3.24. The third kappa shape index (κ3) is 3.71. The molecule has 2 unspecified atom stereocenters. The number of hydrogen-bond donors (Lipinski definition) is 2. The molecular weight excluding hydrogens is 306 g/mol. The van der Waals surface area contributed by atoms with Crippen molar-refractivity contribution in [3.05, 3.63) is 28.2 Å². The maximum absolute atomic E-state index is 10.1. The van der Waals surface area contributed by atoms with Crippen LogP contribution in [0.25, 0.3) is 0 Å². The van der Waals surface area contributed by atoms with Gasteiger partial charge in [-0.25, -0.2) is 0 Å². The summed E-state index contributed by atoms with van der Waals surface area (Å²) in [6.45, 7) is 5.52. The van der Waals surface area contributed by atoms with E-state index in [-0.39, 0.29) is 0 Å². The third-order valence-corrected chi connectivity index (χ3v) is 4.55. The molecule has 1 heterocycles. The fraction of sp³-hybridized carbons (Fsp3) is 0.600. The standard InChI is InChI=1S/C15H22BrNO2/c1-11(18)13-5-4-12(10-14(13)16)17-8-3-6-15(2,19)7-9-17/h4-5,10-11,18-19H,3,6-9H2,1-2H3. The topological polar surface area (TPSA) is 43.7 Å². The minimum Gasteiger partial charge on any atom is -0.390 e. The van der Waals surface area contributed by atoms with Crippen molar-refractivity contribution in [3.63, 3.8) is 0 Å². The van der Waals surface area contributed by atoms with Gasteiger partial charge in [-0.1, -0.05) is 22.0 Å². The van der Waals surface area contributed by atoms with E-state index in [9.17, 15) is 10.2 Å². The van der Waals surface area contributed by atoms with Crippen molar-refractivity contribution in [3.8, 4) is 0 Å². The van der Waals surface area contributed by atoms with E-state index in [0.717, 1.165) is 48.1 Å². The highest BCUT2D eigenvalue weighted by Crippen LogP contribution is 2.30. The van der Waals surface area contributed by atoms with Crippen molar-refractivity contribution in [2.24, 2.45) is 0 Å². The molecule has 1 aliphatic heterocycles. The molecule has 0 radical (unpaired) electrons. The van der Waals surface area contributed by atoms with Gasteiger partial charge in [0, 0.05) is 23.2 Å². The molecule has 2 atom stereocenters. The zero-order valence-corrected chi connectivity index (χ0v) is 13.2. The monoisotopic (exact) mass is 327 g/mol. The Morgan fingerprint density at radius 3 is 2.68 bits per heavy atom. The molecular formula is C15H22BrNO2. The number of rotatable bonds is 2. The molecule has 1 aromatic carbocycles. The van der Waals surface area contributed by atoms with Crippen LogP contribution in [0.2, 0.25) is 0 Å². The summed E-state index contributed by atoms with van der Waals surface area (Å²) in [7, 11) is 0. The van der Waals surface area contributed by atoms with Crippen LogP contribution in [0.4, 0.5) is 5.69 Å². The lowest BCUT2D eigenvalue weighted by atomic mass is 9.98. The minimum atomic E-state index is -0.536. The second-order valence-electron chi connectivity index (χ2n) is 5.72. The maximum atomic E-state index is 10.1. The van der Waals surface area contributed by atoms with Crippen LogP contribution in [-0.4, -0.2) is 28.9 Å². The lowest BCUT2D eigenvalue weighted by Crippen LogP contribution is -2.28. The molecule has 0 spiro atoms. The Labute approximate surface area is 123 Å². The lowest BCUT2D eigenvalue weighted by molar-refractivity contribution is 0.0481. The molecule has 4 heteroatoms. The zero-order valence-electron chi connectivity index (χ0n) is 11.6. The Balaban J connectivity index is 2.16. The van der Waals surface area contributed by atoms with Crippen LogP contribution in [0, 0.1) is 0 Å². The van der Waals surface area contributed by atoms with Crippen LogP contribution >= 0.6 is 15.9 Å². The second-order valence-corrected chi connectivity index (χ2v) is 6.57. The van der Waals surface area contributed by atoms with Crippen molar-refractivity contribution >= 4 is 21.6 Å². The molecule has 3 nitrogen and oxygen atoms in total. The molecule has 1 fully saturated rings. The van der Waals surface area contributed by atoms with Gasteiger partial charge in [0.25, 0.3) is 0 Å². The molecule has 0 bridgehead atoms. The fourth-order valence-corrected chi connectivity index (χ4v) is 3.27. The van der Waals surface area contributed by atoms with Crippen LogP contribution in [0.3, 0.4) is 0 Å². The van der Waals surface area contributed by atoms with E-state index in [1.807, 2.05) is 19.1 Å². The number of benzene rings is 1. The van der Waals surface area contributed by atoms with Crippen molar-refractivity contribution in [1.82, 2.24) is 0 Å². The number of nitrogens with zero attached hydrogens (tertiary/aromatic N) is 1. The van der Waals surface area contributed by atoms with Gasteiger partial charge in [-0.2, -0.15) is 0 Å². The average Bonchev–Trinajstić information content (AvgIpc) is 2.49. The van der Waals surface area contributed by atoms with Gasteiger partial charge in [0.2, 0.25) is 0 Å². The van der Waals surface area contributed by atoms with Crippen molar-refractivity contribution < 1.29 is 10.2 Å². The van der Waals surface area contributed by atoms with Gasteiger partial charge in [0.15, 0.2) is 0 Å². The van der Waals surface area contributed by atoms with Crippen LogP contribution in [0.15, 0.2) is 22.7 Å². The van der Waals surface area contributed by atoms with Gasteiger partial charge in [0.1, 0.15) is 0 Å². The van der Waals surface area contributed by atoms with E-state index in [1.54, 1.807) is 6.92 Å². The molecule has 1 aliphatic rings. The first-order valence-electron chi connectivity index (χ1n) is 6.84. The van der Waals surface area contributed by atoms with E-state index in [4.69, 9.17) is 0 Å². The van der Waals surface area contributed by atoms with E-state index in [2.05, 4.69) is 26.9 Å². The van der Waals surface area contributed by atoms with Gasteiger partial charge >= 0.3 is 0 Å². The van der Waals surface area contributed by atoms with E-state index < -0.39 is 11.7 Å². The maximum Gasteiger partial charge on any atom is 0.0772 e. The van der Waals surface area contributed by atoms with Crippen molar-refractivity contribution in [2.45, 2.75) is 44.8 Å². The zero-order chi connectivity index (χ0) is 14.0. The molecule has 106 valence electrons. The average molecular weight is 328 g/mol. The van der Waals surface area contributed by atoms with Crippen LogP contribution in [-0.2, 0) is 0 Å². The molecule has 0 aromatic heterocycles. The lowest BCUT2D eigenvalue weighted by Gasteiger charge is -2.25. The highest BCUT2D eigenvalue weighted by Gasteiger charge is 2.25. The SMILES string of the molecule is CC(O)c1ccc(N2CCCC(C)(O)CC2)cc1Br.